The van der Waals surface area contributed by atoms with Crippen LogP contribution in [0.5, 0.6) is 5.75 Å². The molecule has 150 valence electrons. The Kier molecular flexibility index (Phi) is 7.80. The van der Waals surface area contributed by atoms with Gasteiger partial charge in [0.05, 0.1) is 25.0 Å². The van der Waals surface area contributed by atoms with Crippen LogP contribution in [0.1, 0.15) is 49.0 Å². The molecule has 0 spiro atoms. The molecule has 1 amide bonds. The number of methoxy groups -OCH3 is 1. The van der Waals surface area contributed by atoms with E-state index in [9.17, 15) is 9.90 Å². The summed E-state index contributed by atoms with van der Waals surface area (Å²) in [7, 11) is 1.66. The highest BCUT2D eigenvalue weighted by Crippen LogP contribution is 2.32. The maximum absolute atomic E-state index is 13.0. The summed E-state index contributed by atoms with van der Waals surface area (Å²) >= 11 is 1.51. The monoisotopic (exact) mass is 399 g/mol. The van der Waals surface area contributed by atoms with E-state index in [1.165, 1.54) is 17.3 Å². The lowest BCUT2D eigenvalue weighted by Gasteiger charge is -2.30. The first-order valence-corrected chi connectivity index (χ1v) is 11.1. The zero-order valence-electron chi connectivity index (χ0n) is 16.4. The molecular weight excluding hydrogens is 370 g/mol. The molecule has 0 saturated carbocycles. The van der Waals surface area contributed by atoms with E-state index in [2.05, 4.69) is 12.1 Å². The van der Waals surface area contributed by atoms with Crippen molar-refractivity contribution in [3.8, 4) is 5.75 Å². The van der Waals surface area contributed by atoms with Gasteiger partial charge in [-0.15, -0.1) is 11.8 Å². The predicted molar refractivity (Wildman–Crippen MR) is 115 cm³/mol. The molecule has 1 aliphatic rings. The fourth-order valence-electron chi connectivity index (χ4n) is 3.69. The highest BCUT2D eigenvalue weighted by molar-refractivity contribution is 7.99. The number of likely N-dealkylation sites (tertiary alicyclic amines) is 1. The first-order chi connectivity index (χ1) is 13.7. The van der Waals surface area contributed by atoms with Gasteiger partial charge in [-0.05, 0) is 36.1 Å². The molecule has 1 fully saturated rings. The fourth-order valence-corrected chi connectivity index (χ4v) is 4.57. The molecular formula is C23H29NO3S. The molecule has 2 unspecified atom stereocenters. The third kappa shape index (κ3) is 5.52. The highest BCUT2D eigenvalue weighted by atomic mass is 32.2. The van der Waals surface area contributed by atoms with Crippen LogP contribution in [0.3, 0.4) is 0 Å². The molecule has 0 aliphatic carbocycles. The number of thioether (sulfide) groups is 1. The third-order valence-corrected chi connectivity index (χ3v) is 6.26. The summed E-state index contributed by atoms with van der Waals surface area (Å²) < 4.78 is 5.26. The minimum absolute atomic E-state index is 0.126. The number of amides is 1. The van der Waals surface area contributed by atoms with E-state index < -0.39 is 6.10 Å². The Morgan fingerprint density at radius 3 is 2.61 bits per heavy atom. The molecule has 1 N–H and O–H groups in total. The second-order valence-electron chi connectivity index (χ2n) is 7.17. The minimum atomic E-state index is -0.541. The number of aliphatic hydroxyl groups excluding tert-OH is 1. The summed E-state index contributed by atoms with van der Waals surface area (Å²) in [5.41, 5.74) is 2.07. The first-order valence-electron chi connectivity index (χ1n) is 9.93. The van der Waals surface area contributed by atoms with E-state index >= 15 is 0 Å². The molecule has 0 aromatic heterocycles. The molecule has 2 atom stereocenters. The number of carbonyl (C=O) groups is 1. The van der Waals surface area contributed by atoms with Crippen LogP contribution in [0.4, 0.5) is 0 Å². The summed E-state index contributed by atoms with van der Waals surface area (Å²) in [4.78, 5) is 15.0. The molecule has 0 radical (unpaired) electrons. The molecule has 28 heavy (non-hydrogen) atoms. The number of benzene rings is 2. The molecule has 2 aromatic rings. The largest absolute Gasteiger partial charge is 0.497 e. The summed E-state index contributed by atoms with van der Waals surface area (Å²) in [5.74, 6) is 1.92. The topological polar surface area (TPSA) is 49.8 Å². The van der Waals surface area contributed by atoms with Crippen molar-refractivity contribution in [1.29, 1.82) is 0 Å². The van der Waals surface area contributed by atoms with Crippen molar-refractivity contribution in [3.63, 3.8) is 0 Å². The van der Waals surface area contributed by atoms with Crippen molar-refractivity contribution in [1.82, 2.24) is 4.90 Å². The zero-order chi connectivity index (χ0) is 19.8. The van der Waals surface area contributed by atoms with Gasteiger partial charge in [-0.1, -0.05) is 55.3 Å². The van der Waals surface area contributed by atoms with Gasteiger partial charge in [0.15, 0.2) is 0 Å². The standard InChI is InChI=1S/C23H29NO3S/c1-27-20-13-11-18(12-14-20)21-10-6-3-7-15-24(21)23(26)17-28-16-22(25)19-8-4-2-5-9-19/h2,4-5,8-9,11-14,21-22,25H,3,6-7,10,15-17H2,1H3. The third-order valence-electron chi connectivity index (χ3n) is 5.26. The lowest BCUT2D eigenvalue weighted by Crippen LogP contribution is -2.36. The Labute approximate surface area is 171 Å². The second-order valence-corrected chi connectivity index (χ2v) is 8.20. The van der Waals surface area contributed by atoms with Gasteiger partial charge >= 0.3 is 0 Å². The van der Waals surface area contributed by atoms with Crippen LogP contribution < -0.4 is 4.74 Å². The maximum atomic E-state index is 13.0. The summed E-state index contributed by atoms with van der Waals surface area (Å²) in [6, 6.07) is 17.8. The first kappa shape index (κ1) is 20.7. The molecule has 0 bridgehead atoms. The van der Waals surface area contributed by atoms with E-state index in [-0.39, 0.29) is 11.9 Å². The Balaban J connectivity index is 1.60. The van der Waals surface area contributed by atoms with E-state index in [0.29, 0.717) is 11.5 Å². The van der Waals surface area contributed by atoms with Gasteiger partial charge in [-0.3, -0.25) is 4.79 Å². The number of hydrogen-bond donors (Lipinski definition) is 1. The van der Waals surface area contributed by atoms with Crippen molar-refractivity contribution in [2.24, 2.45) is 0 Å². The highest BCUT2D eigenvalue weighted by Gasteiger charge is 2.26. The summed E-state index contributed by atoms with van der Waals surface area (Å²) in [6.45, 7) is 0.803. The lowest BCUT2D eigenvalue weighted by atomic mass is 10.0. The zero-order valence-corrected chi connectivity index (χ0v) is 17.2. The van der Waals surface area contributed by atoms with Gasteiger partial charge in [0.2, 0.25) is 5.91 Å². The van der Waals surface area contributed by atoms with Crippen molar-refractivity contribution < 1.29 is 14.6 Å². The van der Waals surface area contributed by atoms with Crippen LogP contribution in [0.25, 0.3) is 0 Å². The van der Waals surface area contributed by atoms with Gasteiger partial charge in [0, 0.05) is 12.3 Å². The molecule has 2 aromatic carbocycles. The average molecular weight is 400 g/mol. The summed E-state index contributed by atoms with van der Waals surface area (Å²) in [6.07, 6.45) is 3.81. The van der Waals surface area contributed by atoms with Gasteiger partial charge < -0.3 is 14.7 Å². The number of carbonyl (C=O) groups excluding carboxylic acids is 1. The van der Waals surface area contributed by atoms with E-state index in [4.69, 9.17) is 4.74 Å². The van der Waals surface area contributed by atoms with Crippen molar-refractivity contribution in [2.75, 3.05) is 25.2 Å². The molecule has 3 rings (SSSR count). The van der Waals surface area contributed by atoms with Crippen LogP contribution in [0, 0.1) is 0 Å². The van der Waals surface area contributed by atoms with Gasteiger partial charge in [-0.25, -0.2) is 0 Å². The maximum Gasteiger partial charge on any atom is 0.233 e. The number of nitrogens with zero attached hydrogens (tertiary/aromatic N) is 1. The smallest absolute Gasteiger partial charge is 0.233 e. The molecule has 4 nitrogen and oxygen atoms in total. The van der Waals surface area contributed by atoms with Crippen LogP contribution >= 0.6 is 11.8 Å². The Morgan fingerprint density at radius 1 is 1.14 bits per heavy atom. The van der Waals surface area contributed by atoms with Crippen LogP contribution in [-0.2, 0) is 4.79 Å². The average Bonchev–Trinajstić information content (AvgIpc) is 3.00. The molecule has 1 aliphatic heterocycles. The lowest BCUT2D eigenvalue weighted by molar-refractivity contribution is -0.130. The summed E-state index contributed by atoms with van der Waals surface area (Å²) in [5, 5.41) is 10.3. The number of rotatable bonds is 7. The van der Waals surface area contributed by atoms with Gasteiger partial charge in [-0.2, -0.15) is 0 Å². The molecule has 5 heteroatoms. The Morgan fingerprint density at radius 2 is 1.89 bits per heavy atom. The molecule has 1 heterocycles. The number of ether oxygens (including phenoxy) is 1. The van der Waals surface area contributed by atoms with Gasteiger partial charge in [0.25, 0.3) is 0 Å². The van der Waals surface area contributed by atoms with Crippen LogP contribution in [0.2, 0.25) is 0 Å². The number of aliphatic hydroxyl groups is 1. The van der Waals surface area contributed by atoms with Crippen molar-refractivity contribution in [2.45, 2.75) is 37.8 Å². The van der Waals surface area contributed by atoms with E-state index in [1.807, 2.05) is 47.4 Å². The second kappa shape index (κ2) is 10.5. The van der Waals surface area contributed by atoms with E-state index in [1.54, 1.807) is 7.11 Å². The minimum Gasteiger partial charge on any atom is -0.497 e. The number of hydrogen-bond acceptors (Lipinski definition) is 4. The fraction of sp³-hybridized carbons (Fsp3) is 0.435. The van der Waals surface area contributed by atoms with Crippen molar-refractivity contribution >= 4 is 17.7 Å². The Hall–Kier alpha value is -1.98. The van der Waals surface area contributed by atoms with E-state index in [0.717, 1.165) is 43.5 Å². The quantitative estimate of drug-likeness (QED) is 0.739. The normalized spacial score (nSPS) is 18.4. The SMILES string of the molecule is COc1ccc(C2CCCCCN2C(=O)CSCC(O)c2ccccc2)cc1. The van der Waals surface area contributed by atoms with Crippen LogP contribution in [0.15, 0.2) is 54.6 Å². The predicted octanol–water partition coefficient (Wildman–Crippen LogP) is 4.61. The Bertz CT molecular complexity index is 735. The van der Waals surface area contributed by atoms with Crippen molar-refractivity contribution in [3.05, 3.63) is 65.7 Å². The van der Waals surface area contributed by atoms with Crippen LogP contribution in [-0.4, -0.2) is 41.1 Å². The van der Waals surface area contributed by atoms with Gasteiger partial charge in [0.1, 0.15) is 5.75 Å². The molecule has 1 saturated heterocycles.